The van der Waals surface area contributed by atoms with Crippen LogP contribution < -0.4 is 4.74 Å². The number of benzene rings is 1. The molecule has 0 fully saturated rings. The SMILES string of the molecule is COc1ccccc1Cc1nc(CCS(C)(=O)=O)n(CC(=O)O)n1. The average Bonchev–Trinajstić information content (AvgIpc) is 2.86. The number of rotatable bonds is 8. The van der Waals surface area contributed by atoms with Gasteiger partial charge in [-0.05, 0) is 6.07 Å². The fourth-order valence-electron chi connectivity index (χ4n) is 2.24. The first-order chi connectivity index (χ1) is 11.3. The van der Waals surface area contributed by atoms with Crippen molar-refractivity contribution in [3.63, 3.8) is 0 Å². The Morgan fingerprint density at radius 2 is 2.04 bits per heavy atom. The quantitative estimate of drug-likeness (QED) is 0.737. The molecular formula is C15H19N3O5S. The first kappa shape index (κ1) is 17.9. The van der Waals surface area contributed by atoms with Crippen molar-refractivity contribution in [3.05, 3.63) is 41.5 Å². The van der Waals surface area contributed by atoms with Crippen LogP contribution in [0.1, 0.15) is 17.2 Å². The summed E-state index contributed by atoms with van der Waals surface area (Å²) in [5.41, 5.74) is 0.863. The molecule has 0 unspecified atom stereocenters. The molecule has 0 amide bonds. The molecule has 0 aliphatic heterocycles. The van der Waals surface area contributed by atoms with E-state index in [1.54, 1.807) is 7.11 Å². The lowest BCUT2D eigenvalue weighted by Gasteiger charge is -2.05. The number of para-hydroxylation sites is 1. The zero-order chi connectivity index (χ0) is 17.7. The third-order valence-corrected chi connectivity index (χ3v) is 4.26. The number of carboxylic acids is 1. The Morgan fingerprint density at radius 1 is 1.33 bits per heavy atom. The molecule has 1 aromatic heterocycles. The van der Waals surface area contributed by atoms with Gasteiger partial charge in [0.1, 0.15) is 28.0 Å². The van der Waals surface area contributed by atoms with Crippen molar-refractivity contribution in [1.29, 1.82) is 0 Å². The van der Waals surface area contributed by atoms with Gasteiger partial charge in [0.05, 0.1) is 12.9 Å². The fourth-order valence-corrected chi connectivity index (χ4v) is 2.79. The van der Waals surface area contributed by atoms with Gasteiger partial charge in [0.15, 0.2) is 5.82 Å². The number of aryl methyl sites for hydroxylation is 1. The molecular weight excluding hydrogens is 334 g/mol. The van der Waals surface area contributed by atoms with Gasteiger partial charge in [-0.15, -0.1) is 0 Å². The number of hydrogen-bond donors (Lipinski definition) is 1. The van der Waals surface area contributed by atoms with Gasteiger partial charge >= 0.3 is 5.97 Å². The number of aromatic nitrogens is 3. The summed E-state index contributed by atoms with van der Waals surface area (Å²) in [6.45, 7) is -0.363. The Labute approximate surface area is 140 Å². The van der Waals surface area contributed by atoms with E-state index in [9.17, 15) is 13.2 Å². The van der Waals surface area contributed by atoms with Crippen molar-refractivity contribution >= 4 is 15.8 Å². The summed E-state index contributed by atoms with van der Waals surface area (Å²) >= 11 is 0. The lowest BCUT2D eigenvalue weighted by Crippen LogP contribution is -2.16. The maximum absolute atomic E-state index is 11.3. The fraction of sp³-hybridized carbons (Fsp3) is 0.400. The van der Waals surface area contributed by atoms with E-state index < -0.39 is 15.8 Å². The second-order valence-corrected chi connectivity index (χ2v) is 7.62. The monoisotopic (exact) mass is 353 g/mol. The molecule has 1 aromatic carbocycles. The van der Waals surface area contributed by atoms with Crippen molar-refractivity contribution in [3.8, 4) is 5.75 Å². The maximum atomic E-state index is 11.3. The van der Waals surface area contributed by atoms with Crippen LogP contribution in [0.5, 0.6) is 5.75 Å². The second kappa shape index (κ2) is 7.43. The molecule has 0 aliphatic rings. The second-order valence-electron chi connectivity index (χ2n) is 5.36. The minimum Gasteiger partial charge on any atom is -0.496 e. The van der Waals surface area contributed by atoms with Crippen molar-refractivity contribution in [2.24, 2.45) is 0 Å². The first-order valence-electron chi connectivity index (χ1n) is 7.22. The van der Waals surface area contributed by atoms with Gasteiger partial charge in [0.2, 0.25) is 0 Å². The van der Waals surface area contributed by atoms with E-state index in [2.05, 4.69) is 10.1 Å². The van der Waals surface area contributed by atoms with Crippen molar-refractivity contribution in [2.45, 2.75) is 19.4 Å². The van der Waals surface area contributed by atoms with E-state index in [1.807, 2.05) is 24.3 Å². The zero-order valence-electron chi connectivity index (χ0n) is 13.5. The Bertz CT molecular complexity index is 829. The van der Waals surface area contributed by atoms with E-state index in [1.165, 1.54) is 4.68 Å². The van der Waals surface area contributed by atoms with Crippen LogP contribution in [0.3, 0.4) is 0 Å². The topological polar surface area (TPSA) is 111 Å². The van der Waals surface area contributed by atoms with Gasteiger partial charge in [-0.1, -0.05) is 18.2 Å². The third kappa shape index (κ3) is 5.05. The highest BCUT2D eigenvalue weighted by molar-refractivity contribution is 7.90. The van der Waals surface area contributed by atoms with Crippen molar-refractivity contribution in [1.82, 2.24) is 14.8 Å². The summed E-state index contributed by atoms with van der Waals surface area (Å²) in [5, 5.41) is 13.2. The Hall–Kier alpha value is -2.42. The van der Waals surface area contributed by atoms with Crippen molar-refractivity contribution < 1.29 is 23.1 Å². The summed E-state index contributed by atoms with van der Waals surface area (Å²) in [4.78, 5) is 15.3. The highest BCUT2D eigenvalue weighted by Gasteiger charge is 2.16. The van der Waals surface area contributed by atoms with Gasteiger partial charge < -0.3 is 9.84 Å². The summed E-state index contributed by atoms with van der Waals surface area (Å²) < 4.78 is 29.2. The largest absolute Gasteiger partial charge is 0.496 e. The molecule has 2 aromatic rings. The van der Waals surface area contributed by atoms with Crippen LogP contribution >= 0.6 is 0 Å². The predicted octanol–water partition coefficient (Wildman–Crippen LogP) is 0.549. The Morgan fingerprint density at radius 3 is 2.67 bits per heavy atom. The molecule has 0 spiro atoms. The highest BCUT2D eigenvalue weighted by atomic mass is 32.2. The van der Waals surface area contributed by atoms with Crippen LogP contribution in [0, 0.1) is 0 Å². The van der Waals surface area contributed by atoms with E-state index in [4.69, 9.17) is 9.84 Å². The van der Waals surface area contributed by atoms with Crippen LogP contribution in [0.15, 0.2) is 24.3 Å². The van der Waals surface area contributed by atoms with Crippen LogP contribution in [-0.2, 0) is 34.0 Å². The molecule has 0 aliphatic carbocycles. The number of sulfone groups is 1. The molecule has 9 heteroatoms. The minimum absolute atomic E-state index is 0.112. The number of ether oxygens (including phenoxy) is 1. The molecule has 0 saturated carbocycles. The molecule has 2 rings (SSSR count). The van der Waals surface area contributed by atoms with E-state index in [0.29, 0.717) is 23.8 Å². The predicted molar refractivity (Wildman–Crippen MR) is 86.9 cm³/mol. The normalized spacial score (nSPS) is 11.4. The van der Waals surface area contributed by atoms with Gasteiger partial charge in [-0.3, -0.25) is 4.79 Å². The molecule has 0 radical (unpaired) electrons. The number of hydrogen-bond acceptors (Lipinski definition) is 6. The molecule has 0 atom stereocenters. The van der Waals surface area contributed by atoms with Crippen molar-refractivity contribution in [2.75, 3.05) is 19.1 Å². The van der Waals surface area contributed by atoms with Gasteiger partial charge in [-0.25, -0.2) is 18.1 Å². The van der Waals surface area contributed by atoms with Crippen LogP contribution in [0.4, 0.5) is 0 Å². The first-order valence-corrected chi connectivity index (χ1v) is 9.28. The number of carbonyl (C=O) groups is 1. The Kier molecular flexibility index (Phi) is 5.55. The summed E-state index contributed by atoms with van der Waals surface area (Å²) in [5.74, 6) is 0.269. The molecule has 1 heterocycles. The molecule has 130 valence electrons. The van der Waals surface area contributed by atoms with E-state index in [-0.39, 0.29) is 18.7 Å². The lowest BCUT2D eigenvalue weighted by atomic mass is 10.1. The number of aliphatic carboxylic acids is 1. The summed E-state index contributed by atoms with van der Waals surface area (Å²) in [7, 11) is -1.61. The smallest absolute Gasteiger partial charge is 0.325 e. The standard InChI is InChI=1S/C15H19N3O5S/c1-23-12-6-4-3-5-11(12)9-13-16-14(7-8-24(2,21)22)18(17-13)10-15(19)20/h3-6H,7-10H2,1-2H3,(H,19,20). The van der Waals surface area contributed by atoms with E-state index in [0.717, 1.165) is 11.8 Å². The highest BCUT2D eigenvalue weighted by Crippen LogP contribution is 2.20. The van der Waals surface area contributed by atoms with Gasteiger partial charge in [0, 0.05) is 24.7 Å². The molecule has 0 bridgehead atoms. The minimum atomic E-state index is -3.18. The van der Waals surface area contributed by atoms with Gasteiger partial charge in [0.25, 0.3) is 0 Å². The molecule has 1 N–H and O–H groups in total. The average molecular weight is 353 g/mol. The molecule has 8 nitrogen and oxygen atoms in total. The number of methoxy groups -OCH3 is 1. The number of carboxylic acid groups (broad SMARTS) is 1. The molecule has 0 saturated heterocycles. The summed E-state index contributed by atoms with van der Waals surface area (Å²) in [6.07, 6.45) is 1.61. The third-order valence-electron chi connectivity index (χ3n) is 3.31. The summed E-state index contributed by atoms with van der Waals surface area (Å²) in [6, 6.07) is 7.38. The lowest BCUT2D eigenvalue weighted by molar-refractivity contribution is -0.137. The van der Waals surface area contributed by atoms with Gasteiger partial charge in [-0.2, -0.15) is 5.10 Å². The van der Waals surface area contributed by atoms with Crippen LogP contribution in [0.25, 0.3) is 0 Å². The van der Waals surface area contributed by atoms with E-state index >= 15 is 0 Å². The maximum Gasteiger partial charge on any atom is 0.325 e. The number of nitrogens with zero attached hydrogens (tertiary/aromatic N) is 3. The Balaban J connectivity index is 2.27. The van der Waals surface area contributed by atoms with Crippen LogP contribution in [0.2, 0.25) is 0 Å². The molecule has 24 heavy (non-hydrogen) atoms. The van der Waals surface area contributed by atoms with Crippen LogP contribution in [-0.4, -0.2) is 53.4 Å². The zero-order valence-corrected chi connectivity index (χ0v) is 14.3.